The molecule has 0 aliphatic carbocycles. The van der Waals surface area contributed by atoms with E-state index < -0.39 is 22.5 Å². The fourth-order valence-electron chi connectivity index (χ4n) is 4.79. The summed E-state index contributed by atoms with van der Waals surface area (Å²) < 4.78 is 40.0. The van der Waals surface area contributed by atoms with Crippen molar-refractivity contribution >= 4 is 33.8 Å². The molecule has 2 N–H and O–H groups in total. The van der Waals surface area contributed by atoms with Gasteiger partial charge in [0.15, 0.2) is 11.1 Å². The van der Waals surface area contributed by atoms with E-state index in [1.807, 2.05) is 27.0 Å². The SMILES string of the molecule is CCC(CCS(=O)O)N(C)Cc1ccc(C2=C/C(=C3\C(=O)Nc4cc(F)ccc43)OC2(C)C)cc1. The summed E-state index contributed by atoms with van der Waals surface area (Å²) in [6.45, 7) is 6.75. The number of benzene rings is 2. The molecule has 2 unspecified atom stereocenters. The van der Waals surface area contributed by atoms with Gasteiger partial charge in [-0.15, -0.1) is 0 Å². The Labute approximate surface area is 208 Å². The van der Waals surface area contributed by atoms with Crippen LogP contribution in [0.2, 0.25) is 0 Å². The van der Waals surface area contributed by atoms with Crippen LogP contribution in [0.4, 0.5) is 10.1 Å². The van der Waals surface area contributed by atoms with Crippen LogP contribution in [0.15, 0.2) is 54.3 Å². The molecule has 2 heterocycles. The molecule has 186 valence electrons. The lowest BCUT2D eigenvalue weighted by atomic mass is 9.91. The molecule has 0 saturated carbocycles. The lowest BCUT2D eigenvalue weighted by Gasteiger charge is -2.27. The first-order valence-corrected chi connectivity index (χ1v) is 13.0. The number of halogens is 1. The molecule has 2 aromatic carbocycles. The number of allylic oxidation sites excluding steroid dienone is 1. The number of fused-ring (bicyclic) bond motifs is 1. The van der Waals surface area contributed by atoms with Gasteiger partial charge in [0.25, 0.3) is 5.91 Å². The van der Waals surface area contributed by atoms with Crippen LogP contribution >= 0.6 is 0 Å². The molecule has 0 aromatic heterocycles. The first kappa shape index (κ1) is 25.3. The van der Waals surface area contributed by atoms with Crippen LogP contribution in [0.3, 0.4) is 0 Å². The van der Waals surface area contributed by atoms with E-state index in [4.69, 9.17) is 9.29 Å². The zero-order valence-corrected chi connectivity index (χ0v) is 21.2. The third kappa shape index (κ3) is 5.39. The second-order valence-corrected chi connectivity index (χ2v) is 10.6. The van der Waals surface area contributed by atoms with Gasteiger partial charge in [-0.05, 0) is 69.1 Å². The highest BCUT2D eigenvalue weighted by Crippen LogP contribution is 2.44. The molecule has 0 spiro atoms. The molecule has 0 fully saturated rings. The third-order valence-electron chi connectivity index (χ3n) is 6.68. The van der Waals surface area contributed by atoms with Gasteiger partial charge in [0.1, 0.15) is 17.2 Å². The van der Waals surface area contributed by atoms with E-state index in [0.29, 0.717) is 29.0 Å². The van der Waals surface area contributed by atoms with Crippen LogP contribution in [0, 0.1) is 5.82 Å². The maximum absolute atomic E-state index is 13.6. The number of hydrogen-bond acceptors (Lipinski definition) is 4. The molecular weight excluding hydrogens is 467 g/mol. The Morgan fingerprint density at radius 3 is 2.57 bits per heavy atom. The maximum atomic E-state index is 13.6. The predicted octanol–water partition coefficient (Wildman–Crippen LogP) is 5.20. The number of amides is 1. The zero-order valence-electron chi connectivity index (χ0n) is 20.4. The number of carbonyl (C=O) groups is 1. The predicted molar refractivity (Wildman–Crippen MR) is 137 cm³/mol. The summed E-state index contributed by atoms with van der Waals surface area (Å²) in [4.78, 5) is 14.9. The summed E-state index contributed by atoms with van der Waals surface area (Å²) >= 11 is -1.77. The van der Waals surface area contributed by atoms with Gasteiger partial charge in [-0.1, -0.05) is 31.2 Å². The standard InChI is InChI=1S/C27H31FN2O4S/c1-5-20(12-13-35(32)33)30(4)16-17-6-8-18(9-7-17)22-15-24(34-27(22,2)3)25-21-11-10-19(28)14-23(21)29-26(25)31/h6-11,14-15,20H,5,12-13,16H2,1-4H3,(H,29,31)(H,32,33)/b25-24+. The average Bonchev–Trinajstić information content (AvgIpc) is 3.28. The van der Waals surface area contributed by atoms with Crippen molar-refractivity contribution in [2.75, 3.05) is 18.1 Å². The Morgan fingerprint density at radius 2 is 1.91 bits per heavy atom. The second kappa shape index (κ2) is 10.0. The molecule has 2 atom stereocenters. The molecule has 35 heavy (non-hydrogen) atoms. The normalized spacial score (nSPS) is 20.3. The molecule has 0 saturated heterocycles. The van der Waals surface area contributed by atoms with Gasteiger partial charge in [0, 0.05) is 23.7 Å². The van der Waals surface area contributed by atoms with Crippen LogP contribution in [0.25, 0.3) is 11.1 Å². The minimum absolute atomic E-state index is 0.235. The van der Waals surface area contributed by atoms with Gasteiger partial charge < -0.3 is 14.6 Å². The fraction of sp³-hybridized carbons (Fsp3) is 0.370. The fourth-order valence-corrected chi connectivity index (χ4v) is 5.26. The van der Waals surface area contributed by atoms with E-state index in [0.717, 1.165) is 29.7 Å². The number of nitrogens with one attached hydrogen (secondary N) is 1. The monoisotopic (exact) mass is 498 g/mol. The van der Waals surface area contributed by atoms with Gasteiger partial charge in [-0.2, -0.15) is 0 Å². The summed E-state index contributed by atoms with van der Waals surface area (Å²) in [7, 11) is 2.04. The van der Waals surface area contributed by atoms with Crippen molar-refractivity contribution in [1.82, 2.24) is 4.90 Å². The van der Waals surface area contributed by atoms with E-state index in [9.17, 15) is 13.4 Å². The molecule has 0 radical (unpaired) electrons. The summed E-state index contributed by atoms with van der Waals surface area (Å²) in [5.41, 5.74) is 3.95. The lowest BCUT2D eigenvalue weighted by molar-refractivity contribution is -0.111. The Hall–Kier alpha value is -2.81. The number of rotatable bonds is 8. The first-order chi connectivity index (χ1) is 16.6. The largest absolute Gasteiger partial charge is 0.482 e. The summed E-state index contributed by atoms with van der Waals surface area (Å²) in [5, 5.41) is 2.72. The minimum Gasteiger partial charge on any atom is -0.482 e. The van der Waals surface area contributed by atoms with E-state index in [1.165, 1.54) is 12.1 Å². The van der Waals surface area contributed by atoms with Gasteiger partial charge in [-0.3, -0.25) is 9.69 Å². The highest BCUT2D eigenvalue weighted by Gasteiger charge is 2.38. The topological polar surface area (TPSA) is 78.9 Å². The number of anilines is 1. The highest BCUT2D eigenvalue weighted by molar-refractivity contribution is 7.79. The number of carbonyl (C=O) groups excluding carboxylic acids is 1. The van der Waals surface area contributed by atoms with Crippen molar-refractivity contribution in [2.45, 2.75) is 51.8 Å². The second-order valence-electron chi connectivity index (χ2n) is 9.54. The zero-order chi connectivity index (χ0) is 25.3. The van der Waals surface area contributed by atoms with Crippen LogP contribution in [0.1, 0.15) is 50.3 Å². The first-order valence-electron chi connectivity index (χ1n) is 11.7. The van der Waals surface area contributed by atoms with Crippen molar-refractivity contribution in [3.63, 3.8) is 0 Å². The number of nitrogens with zero attached hydrogens (tertiary/aromatic N) is 1. The minimum atomic E-state index is -1.77. The van der Waals surface area contributed by atoms with E-state index in [-0.39, 0.29) is 17.7 Å². The molecule has 1 amide bonds. The van der Waals surface area contributed by atoms with Crippen molar-refractivity contribution in [1.29, 1.82) is 0 Å². The third-order valence-corrected chi connectivity index (χ3v) is 7.26. The van der Waals surface area contributed by atoms with Gasteiger partial charge in [-0.25, -0.2) is 8.60 Å². The van der Waals surface area contributed by atoms with Gasteiger partial charge >= 0.3 is 0 Å². The van der Waals surface area contributed by atoms with Crippen molar-refractivity contribution < 1.29 is 22.7 Å². The smallest absolute Gasteiger partial charge is 0.260 e. The Morgan fingerprint density at radius 1 is 1.20 bits per heavy atom. The quantitative estimate of drug-likeness (QED) is 0.386. The van der Waals surface area contributed by atoms with E-state index >= 15 is 0 Å². The van der Waals surface area contributed by atoms with E-state index in [2.05, 4.69) is 41.4 Å². The molecule has 2 aromatic rings. The molecule has 6 nitrogen and oxygen atoms in total. The van der Waals surface area contributed by atoms with Crippen LogP contribution in [-0.4, -0.2) is 44.0 Å². The van der Waals surface area contributed by atoms with E-state index in [1.54, 1.807) is 6.07 Å². The Balaban J connectivity index is 1.56. The highest BCUT2D eigenvalue weighted by atomic mass is 32.2. The Kier molecular flexibility index (Phi) is 7.26. The van der Waals surface area contributed by atoms with Gasteiger partial charge in [0.2, 0.25) is 0 Å². The van der Waals surface area contributed by atoms with Crippen LogP contribution in [0.5, 0.6) is 0 Å². The maximum Gasteiger partial charge on any atom is 0.260 e. The summed E-state index contributed by atoms with van der Waals surface area (Å²) in [6, 6.07) is 12.7. The molecular formula is C27H31FN2O4S. The Bertz CT molecular complexity index is 1220. The average molecular weight is 499 g/mol. The van der Waals surface area contributed by atoms with Crippen LogP contribution in [-0.2, 0) is 27.2 Å². The summed E-state index contributed by atoms with van der Waals surface area (Å²) in [6.07, 6.45) is 3.48. The van der Waals surface area contributed by atoms with Crippen LogP contribution < -0.4 is 5.32 Å². The molecule has 2 aliphatic rings. The molecule has 4 rings (SSSR count). The summed E-state index contributed by atoms with van der Waals surface area (Å²) in [5.74, 6) is 0.0467. The van der Waals surface area contributed by atoms with Crippen molar-refractivity contribution in [3.8, 4) is 0 Å². The number of hydrogen-bond donors (Lipinski definition) is 2. The molecule has 0 bridgehead atoms. The molecule has 2 aliphatic heterocycles. The van der Waals surface area contributed by atoms with Gasteiger partial charge in [0.05, 0.1) is 17.0 Å². The molecule has 8 heteroatoms. The number of ether oxygens (including phenoxy) is 1. The van der Waals surface area contributed by atoms with Crippen molar-refractivity contribution in [2.24, 2.45) is 0 Å². The lowest BCUT2D eigenvalue weighted by Crippen LogP contribution is -2.32. The van der Waals surface area contributed by atoms with Crippen molar-refractivity contribution in [3.05, 3.63) is 76.8 Å².